The Morgan fingerprint density at radius 2 is 1.79 bits per heavy atom. The van der Waals surface area contributed by atoms with Crippen molar-refractivity contribution in [2.24, 2.45) is 4.99 Å². The minimum absolute atomic E-state index is 0.0402. The molecule has 1 fully saturated rings. The highest BCUT2D eigenvalue weighted by molar-refractivity contribution is 6.24. The van der Waals surface area contributed by atoms with Gasteiger partial charge in [-0.2, -0.15) is 0 Å². The number of hydrogen-bond acceptors (Lipinski definition) is 8. The van der Waals surface area contributed by atoms with Crippen LogP contribution in [0.3, 0.4) is 0 Å². The molecule has 2 amide bonds. The molecule has 1 saturated heterocycles. The smallest absolute Gasteiger partial charge is 0.437 e. The number of anilines is 1. The van der Waals surface area contributed by atoms with Gasteiger partial charge >= 0.3 is 6.16 Å². The third-order valence-electron chi connectivity index (χ3n) is 7.25. The van der Waals surface area contributed by atoms with E-state index in [0.29, 0.717) is 47.9 Å². The number of benzene rings is 3. The molecule has 2 unspecified atom stereocenters. The lowest BCUT2D eigenvalue weighted by Crippen LogP contribution is -2.30. The van der Waals surface area contributed by atoms with Crippen LogP contribution >= 0.6 is 0 Å². The predicted octanol–water partition coefficient (Wildman–Crippen LogP) is 4.48. The van der Waals surface area contributed by atoms with Gasteiger partial charge in [-0.3, -0.25) is 14.6 Å². The van der Waals surface area contributed by atoms with Crippen LogP contribution in [0.15, 0.2) is 77.8 Å². The normalized spacial score (nSPS) is 18.1. The van der Waals surface area contributed by atoms with Gasteiger partial charge in [-0.25, -0.2) is 4.79 Å². The highest BCUT2D eigenvalue weighted by Crippen LogP contribution is 2.38. The molecule has 10 nitrogen and oxygen atoms in total. The van der Waals surface area contributed by atoms with Gasteiger partial charge < -0.3 is 29.3 Å². The number of fused-ring (bicyclic) bond motifs is 1. The van der Waals surface area contributed by atoms with Crippen molar-refractivity contribution in [2.45, 2.75) is 18.4 Å². The molecule has 218 valence electrons. The molecule has 0 bridgehead atoms. The lowest BCUT2D eigenvalue weighted by Gasteiger charge is -2.18. The lowest BCUT2D eigenvalue weighted by molar-refractivity contribution is -0.115. The zero-order valence-corrected chi connectivity index (χ0v) is 23.9. The molecule has 0 aliphatic carbocycles. The Bertz CT molecular complexity index is 1470. The van der Waals surface area contributed by atoms with Crippen molar-refractivity contribution in [1.29, 1.82) is 0 Å². The maximum absolute atomic E-state index is 13.3. The Morgan fingerprint density at radius 3 is 2.50 bits per heavy atom. The van der Waals surface area contributed by atoms with Gasteiger partial charge in [0, 0.05) is 37.0 Å². The number of carbonyl (C=O) groups excluding carboxylic acids is 3. The highest BCUT2D eigenvalue weighted by atomic mass is 16.7. The zero-order valence-electron chi connectivity index (χ0n) is 23.9. The van der Waals surface area contributed by atoms with Crippen LogP contribution in [0.25, 0.3) is 0 Å². The fraction of sp³-hybridized carbons (Fsp3) is 0.312. The standard InChI is InChI=1S/C32H34N4O6/c1-35(2)17-18-41-25-15-16-36(20-25)31(38)22-9-11-23(12-10-22)33-29(21-7-5-4-6-8-21)28-26-14-13-24(42-32(39)40-3)19-27(26)34-30(28)37/h4-14,19,25,28H,15-18,20H2,1-3H3,(H,34,37). The molecule has 0 spiro atoms. The topological polar surface area (TPSA) is 110 Å². The van der Waals surface area contributed by atoms with Gasteiger partial charge in [-0.15, -0.1) is 0 Å². The molecule has 2 aliphatic rings. The number of likely N-dealkylation sites (tertiary alicyclic amines) is 1. The van der Waals surface area contributed by atoms with E-state index in [0.717, 1.165) is 18.5 Å². The van der Waals surface area contributed by atoms with Crippen molar-refractivity contribution in [2.75, 3.05) is 52.8 Å². The van der Waals surface area contributed by atoms with Crippen LogP contribution in [-0.4, -0.2) is 87.0 Å². The number of amides is 2. The molecule has 42 heavy (non-hydrogen) atoms. The van der Waals surface area contributed by atoms with Gasteiger partial charge in [0.25, 0.3) is 5.91 Å². The number of rotatable bonds is 9. The number of ether oxygens (including phenoxy) is 3. The van der Waals surface area contributed by atoms with Gasteiger partial charge in [0.2, 0.25) is 5.91 Å². The maximum atomic E-state index is 13.3. The molecular formula is C32H34N4O6. The van der Waals surface area contributed by atoms with Crippen LogP contribution in [-0.2, 0) is 14.3 Å². The molecule has 5 rings (SSSR count). The second-order valence-corrected chi connectivity index (χ2v) is 10.5. The SMILES string of the molecule is COC(=O)Oc1ccc2c(c1)NC(=O)C2C(=Nc1ccc(C(=O)N2CCC(OCCN(C)C)C2)cc1)c1ccccc1. The van der Waals surface area contributed by atoms with Crippen molar-refractivity contribution in [3.05, 3.63) is 89.5 Å². The van der Waals surface area contributed by atoms with E-state index in [2.05, 4.69) is 15.0 Å². The Morgan fingerprint density at radius 1 is 1.02 bits per heavy atom. The summed E-state index contributed by atoms with van der Waals surface area (Å²) < 4.78 is 15.6. The van der Waals surface area contributed by atoms with Crippen molar-refractivity contribution in [3.63, 3.8) is 0 Å². The minimum atomic E-state index is -0.845. The van der Waals surface area contributed by atoms with Gasteiger partial charge in [0.05, 0.1) is 31.2 Å². The molecule has 2 atom stereocenters. The number of carbonyl (C=O) groups is 3. The van der Waals surface area contributed by atoms with E-state index >= 15 is 0 Å². The van der Waals surface area contributed by atoms with Gasteiger partial charge in [0.1, 0.15) is 11.7 Å². The van der Waals surface area contributed by atoms with Gasteiger partial charge in [-0.05, 0) is 62.0 Å². The summed E-state index contributed by atoms with van der Waals surface area (Å²) in [7, 11) is 5.24. The molecule has 3 aromatic rings. The van der Waals surface area contributed by atoms with Crippen molar-refractivity contribution >= 4 is 35.1 Å². The number of nitrogens with zero attached hydrogens (tertiary/aromatic N) is 3. The maximum Gasteiger partial charge on any atom is 0.513 e. The second-order valence-electron chi connectivity index (χ2n) is 10.5. The Kier molecular flexibility index (Phi) is 8.94. The summed E-state index contributed by atoms with van der Waals surface area (Å²) in [6.45, 7) is 2.72. The number of methoxy groups -OCH3 is 1. The van der Waals surface area contributed by atoms with E-state index in [1.54, 1.807) is 42.5 Å². The molecular weight excluding hydrogens is 536 g/mol. The van der Waals surface area contributed by atoms with Crippen LogP contribution in [0.1, 0.15) is 33.8 Å². The highest BCUT2D eigenvalue weighted by Gasteiger charge is 2.36. The molecule has 0 radical (unpaired) electrons. The molecule has 1 N–H and O–H groups in total. The quantitative estimate of drug-likeness (QED) is 0.230. The van der Waals surface area contributed by atoms with E-state index in [1.165, 1.54) is 7.11 Å². The number of likely N-dealkylation sites (N-methyl/N-ethyl adjacent to an activating group) is 1. The minimum Gasteiger partial charge on any atom is -0.437 e. The summed E-state index contributed by atoms with van der Waals surface area (Å²) in [6.07, 6.45) is 0.0281. The zero-order chi connectivity index (χ0) is 29.6. The van der Waals surface area contributed by atoms with Crippen LogP contribution < -0.4 is 10.1 Å². The molecule has 10 heteroatoms. The van der Waals surface area contributed by atoms with E-state index in [-0.39, 0.29) is 23.7 Å². The summed E-state index contributed by atoms with van der Waals surface area (Å²) in [5.74, 6) is -0.720. The van der Waals surface area contributed by atoms with Crippen LogP contribution in [0.2, 0.25) is 0 Å². The molecule has 0 aromatic heterocycles. The molecule has 2 aliphatic heterocycles. The summed E-state index contributed by atoms with van der Waals surface area (Å²) in [4.78, 5) is 46.8. The summed E-state index contributed by atoms with van der Waals surface area (Å²) >= 11 is 0. The van der Waals surface area contributed by atoms with Crippen molar-refractivity contribution < 1.29 is 28.6 Å². The number of hydrogen-bond donors (Lipinski definition) is 1. The largest absolute Gasteiger partial charge is 0.513 e. The lowest BCUT2D eigenvalue weighted by atomic mass is 9.90. The van der Waals surface area contributed by atoms with Crippen molar-refractivity contribution in [3.8, 4) is 5.75 Å². The molecule has 0 saturated carbocycles. The Hall–Kier alpha value is -4.54. The van der Waals surface area contributed by atoms with Crippen LogP contribution in [0.5, 0.6) is 5.75 Å². The first-order chi connectivity index (χ1) is 20.3. The summed E-state index contributed by atoms with van der Waals surface area (Å²) in [5, 5.41) is 2.88. The summed E-state index contributed by atoms with van der Waals surface area (Å²) in [5.41, 5.74) is 3.78. The number of nitrogens with one attached hydrogen (secondary N) is 1. The van der Waals surface area contributed by atoms with Crippen LogP contribution in [0.4, 0.5) is 16.2 Å². The average Bonchev–Trinajstić information content (AvgIpc) is 3.59. The predicted molar refractivity (Wildman–Crippen MR) is 159 cm³/mol. The average molecular weight is 571 g/mol. The molecule has 3 aromatic carbocycles. The molecule has 2 heterocycles. The van der Waals surface area contributed by atoms with E-state index in [9.17, 15) is 14.4 Å². The fourth-order valence-electron chi connectivity index (χ4n) is 5.07. The summed E-state index contributed by atoms with van der Waals surface area (Å²) in [6, 6.07) is 21.5. The third-order valence-corrected chi connectivity index (χ3v) is 7.25. The monoisotopic (exact) mass is 570 g/mol. The van der Waals surface area contributed by atoms with E-state index in [4.69, 9.17) is 14.5 Å². The first-order valence-electron chi connectivity index (χ1n) is 13.8. The Balaban J connectivity index is 1.36. The number of aliphatic imine (C=N–C) groups is 1. The van der Waals surface area contributed by atoms with Crippen LogP contribution in [0, 0.1) is 0 Å². The first kappa shape index (κ1) is 29.0. The van der Waals surface area contributed by atoms with Crippen molar-refractivity contribution in [1.82, 2.24) is 9.80 Å². The van der Waals surface area contributed by atoms with E-state index < -0.39 is 12.1 Å². The third kappa shape index (κ3) is 6.67. The van der Waals surface area contributed by atoms with Gasteiger partial charge in [-0.1, -0.05) is 36.4 Å². The first-order valence-corrected chi connectivity index (χ1v) is 13.8. The van der Waals surface area contributed by atoms with Gasteiger partial charge in [0.15, 0.2) is 0 Å². The second kappa shape index (κ2) is 13.0. The van der Waals surface area contributed by atoms with E-state index in [1.807, 2.05) is 49.3 Å². The Labute approximate surface area is 244 Å². The fourth-order valence-corrected chi connectivity index (χ4v) is 5.07.